The van der Waals surface area contributed by atoms with Gasteiger partial charge in [-0.1, -0.05) is 24.6 Å². The molecule has 0 saturated carbocycles. The number of piperidine rings is 1. The average Bonchev–Trinajstić information content (AvgIpc) is 2.43. The number of carbonyl (C=O) groups is 2. The molecule has 1 aromatic carbocycles. The molecule has 0 aromatic heterocycles. The predicted octanol–water partition coefficient (Wildman–Crippen LogP) is 2.86. The minimum atomic E-state index is -0.0818. The van der Waals surface area contributed by atoms with Crippen LogP contribution in [0.2, 0.25) is 0 Å². The van der Waals surface area contributed by atoms with Gasteiger partial charge in [-0.25, -0.2) is 0 Å². The van der Waals surface area contributed by atoms with E-state index in [1.54, 1.807) is 6.92 Å². The van der Waals surface area contributed by atoms with Gasteiger partial charge in [0.15, 0.2) is 5.78 Å². The first-order valence-corrected chi connectivity index (χ1v) is 7.80. The van der Waals surface area contributed by atoms with E-state index in [-0.39, 0.29) is 17.6 Å². The highest BCUT2D eigenvalue weighted by Gasteiger charge is 2.29. The zero-order chi connectivity index (χ0) is 15.4. The molecule has 0 N–H and O–H groups in total. The molecule has 1 aliphatic rings. The van der Waals surface area contributed by atoms with Crippen molar-refractivity contribution in [3.63, 3.8) is 0 Å². The van der Waals surface area contributed by atoms with Crippen LogP contribution in [0.15, 0.2) is 18.2 Å². The molecule has 1 fully saturated rings. The molecule has 1 heterocycles. The Hall–Kier alpha value is -1.48. The smallest absolute Gasteiger partial charge is 0.154 e. The predicted molar refractivity (Wildman–Crippen MR) is 84.5 cm³/mol. The van der Waals surface area contributed by atoms with Gasteiger partial charge in [-0.2, -0.15) is 0 Å². The molecule has 21 heavy (non-hydrogen) atoms. The number of hydrogen-bond acceptors (Lipinski definition) is 3. The van der Waals surface area contributed by atoms with Crippen molar-refractivity contribution in [2.24, 2.45) is 0 Å². The molecule has 1 aliphatic heterocycles. The Balaban J connectivity index is 2.12. The second kappa shape index (κ2) is 6.99. The lowest BCUT2D eigenvalue weighted by Crippen LogP contribution is -2.47. The van der Waals surface area contributed by atoms with Crippen LogP contribution in [0.4, 0.5) is 0 Å². The summed E-state index contributed by atoms with van der Waals surface area (Å²) < 4.78 is 0. The van der Waals surface area contributed by atoms with Crippen LogP contribution in [0.1, 0.15) is 42.9 Å². The van der Waals surface area contributed by atoms with Crippen molar-refractivity contribution in [2.75, 3.05) is 13.1 Å². The number of carbonyl (C=O) groups excluding carboxylic acids is 2. The molecule has 0 aliphatic carbocycles. The normalized spacial score (nSPS) is 19.5. The molecule has 0 spiro atoms. The quantitative estimate of drug-likeness (QED) is 0.835. The number of nitrogens with zero attached hydrogens (tertiary/aromatic N) is 1. The number of rotatable bonds is 5. The van der Waals surface area contributed by atoms with Crippen LogP contribution in [0.25, 0.3) is 0 Å². The molecule has 3 nitrogen and oxygen atoms in total. The summed E-state index contributed by atoms with van der Waals surface area (Å²) >= 11 is 0. The van der Waals surface area contributed by atoms with Crippen LogP contribution in [-0.4, -0.2) is 35.6 Å². The van der Waals surface area contributed by atoms with Gasteiger partial charge in [0, 0.05) is 6.42 Å². The maximum Gasteiger partial charge on any atom is 0.154 e. The van der Waals surface area contributed by atoms with Crippen LogP contribution in [0.3, 0.4) is 0 Å². The van der Waals surface area contributed by atoms with Gasteiger partial charge in [0.2, 0.25) is 0 Å². The largest absolute Gasteiger partial charge is 0.299 e. The van der Waals surface area contributed by atoms with E-state index in [0.29, 0.717) is 13.0 Å². The molecule has 3 heteroatoms. The number of hydrogen-bond donors (Lipinski definition) is 0. The maximum atomic E-state index is 12.7. The van der Waals surface area contributed by atoms with Crippen molar-refractivity contribution >= 4 is 11.6 Å². The molecular formula is C18H25NO2. The Bertz CT molecular complexity index is 516. The first-order chi connectivity index (χ1) is 9.99. The molecule has 0 bridgehead atoms. The first kappa shape index (κ1) is 15.9. The van der Waals surface area contributed by atoms with E-state index < -0.39 is 0 Å². The molecule has 1 aromatic rings. The van der Waals surface area contributed by atoms with Crippen molar-refractivity contribution in [1.82, 2.24) is 4.90 Å². The molecule has 0 radical (unpaired) electrons. The zero-order valence-corrected chi connectivity index (χ0v) is 13.3. The summed E-state index contributed by atoms with van der Waals surface area (Å²) in [5, 5.41) is 0. The molecule has 114 valence electrons. The lowest BCUT2D eigenvalue weighted by molar-refractivity contribution is -0.126. The molecule has 1 unspecified atom stereocenters. The van der Waals surface area contributed by atoms with Gasteiger partial charge < -0.3 is 0 Å². The fraction of sp³-hybridized carbons (Fsp3) is 0.556. The van der Waals surface area contributed by atoms with Crippen molar-refractivity contribution in [2.45, 2.75) is 52.5 Å². The fourth-order valence-electron chi connectivity index (χ4n) is 3.25. The minimum absolute atomic E-state index is 0.0818. The first-order valence-electron chi connectivity index (χ1n) is 7.80. The van der Waals surface area contributed by atoms with Crippen LogP contribution < -0.4 is 0 Å². The Morgan fingerprint density at radius 2 is 1.86 bits per heavy atom. The van der Waals surface area contributed by atoms with E-state index >= 15 is 0 Å². The number of likely N-dealkylation sites (tertiary alicyclic amines) is 1. The van der Waals surface area contributed by atoms with Crippen molar-refractivity contribution in [3.05, 3.63) is 34.9 Å². The van der Waals surface area contributed by atoms with Gasteiger partial charge in [0.25, 0.3) is 0 Å². The Kier molecular flexibility index (Phi) is 5.29. The highest BCUT2D eigenvalue weighted by atomic mass is 16.1. The molecule has 1 saturated heterocycles. The zero-order valence-electron chi connectivity index (χ0n) is 13.3. The van der Waals surface area contributed by atoms with Gasteiger partial charge in [0.1, 0.15) is 5.78 Å². The van der Waals surface area contributed by atoms with Crippen LogP contribution in [0, 0.1) is 13.8 Å². The summed E-state index contributed by atoms with van der Waals surface area (Å²) in [5.74, 6) is 0.398. The number of aryl methyl sites for hydroxylation is 2. The summed E-state index contributed by atoms with van der Waals surface area (Å²) in [6, 6.07) is 6.07. The highest BCUT2D eigenvalue weighted by molar-refractivity contribution is 5.87. The molecule has 1 atom stereocenters. The SMILES string of the molecule is CC(=O)CN1CCCCC1C(=O)Cc1c(C)cccc1C. The summed E-state index contributed by atoms with van der Waals surface area (Å²) in [4.78, 5) is 26.2. The van der Waals surface area contributed by atoms with Gasteiger partial charge in [-0.15, -0.1) is 0 Å². The van der Waals surface area contributed by atoms with E-state index in [1.807, 2.05) is 6.07 Å². The van der Waals surface area contributed by atoms with Gasteiger partial charge in [-0.3, -0.25) is 14.5 Å². The van der Waals surface area contributed by atoms with Crippen LogP contribution >= 0.6 is 0 Å². The topological polar surface area (TPSA) is 37.4 Å². The summed E-state index contributed by atoms with van der Waals surface area (Å²) in [6.45, 7) is 6.99. The minimum Gasteiger partial charge on any atom is -0.299 e. The third-order valence-electron chi connectivity index (χ3n) is 4.41. The Morgan fingerprint density at radius 1 is 1.19 bits per heavy atom. The average molecular weight is 287 g/mol. The molecule has 2 rings (SSSR count). The van der Waals surface area contributed by atoms with Crippen molar-refractivity contribution < 1.29 is 9.59 Å². The second-order valence-corrected chi connectivity index (χ2v) is 6.20. The van der Waals surface area contributed by atoms with Gasteiger partial charge in [0.05, 0.1) is 12.6 Å². The molecule has 0 amide bonds. The second-order valence-electron chi connectivity index (χ2n) is 6.20. The summed E-state index contributed by atoms with van der Waals surface area (Å²) in [5.41, 5.74) is 3.51. The standard InChI is InChI=1S/C18H25NO2/c1-13-7-6-8-14(2)16(13)11-18(21)17-9-4-5-10-19(17)12-15(3)20/h6-8,17H,4-5,9-12H2,1-3H3. The van der Waals surface area contributed by atoms with E-state index in [9.17, 15) is 9.59 Å². The van der Waals surface area contributed by atoms with Gasteiger partial charge >= 0.3 is 0 Å². The third kappa shape index (κ3) is 4.01. The fourth-order valence-corrected chi connectivity index (χ4v) is 3.25. The Labute approximate surface area is 127 Å². The maximum absolute atomic E-state index is 12.7. The number of Topliss-reactive ketones (excluding diaryl/α,β-unsaturated/α-hetero) is 2. The van der Waals surface area contributed by atoms with Crippen molar-refractivity contribution in [1.29, 1.82) is 0 Å². The van der Waals surface area contributed by atoms with E-state index in [4.69, 9.17) is 0 Å². The highest BCUT2D eigenvalue weighted by Crippen LogP contribution is 2.21. The van der Waals surface area contributed by atoms with E-state index in [2.05, 4.69) is 30.9 Å². The third-order valence-corrected chi connectivity index (χ3v) is 4.41. The van der Waals surface area contributed by atoms with Crippen LogP contribution in [0.5, 0.6) is 0 Å². The van der Waals surface area contributed by atoms with E-state index in [1.165, 1.54) is 11.1 Å². The van der Waals surface area contributed by atoms with E-state index in [0.717, 1.165) is 31.4 Å². The van der Waals surface area contributed by atoms with Crippen molar-refractivity contribution in [3.8, 4) is 0 Å². The monoisotopic (exact) mass is 287 g/mol. The number of ketones is 2. The number of benzene rings is 1. The Morgan fingerprint density at radius 3 is 2.48 bits per heavy atom. The lowest BCUT2D eigenvalue weighted by Gasteiger charge is -2.34. The lowest BCUT2D eigenvalue weighted by atomic mass is 9.91. The summed E-state index contributed by atoms with van der Waals surface area (Å²) in [6.07, 6.45) is 3.53. The van der Waals surface area contributed by atoms with Crippen LogP contribution in [-0.2, 0) is 16.0 Å². The molecular weight excluding hydrogens is 262 g/mol. The van der Waals surface area contributed by atoms with Gasteiger partial charge in [-0.05, 0) is 56.8 Å². The summed E-state index contributed by atoms with van der Waals surface area (Å²) in [7, 11) is 0.